The minimum Gasteiger partial charge on any atom is -0.493 e. The van der Waals surface area contributed by atoms with Gasteiger partial charge in [0.05, 0.1) is 14.2 Å². The number of thioether (sulfide) groups is 1. The highest BCUT2D eigenvalue weighted by Gasteiger charge is 2.10. The summed E-state index contributed by atoms with van der Waals surface area (Å²) in [5.41, 5.74) is 6.64. The lowest BCUT2D eigenvalue weighted by molar-refractivity contribution is 0.354. The second kappa shape index (κ2) is 5.16. The maximum atomic E-state index is 5.91. The Morgan fingerprint density at radius 1 is 1.13 bits per heavy atom. The zero-order chi connectivity index (χ0) is 11.4. The summed E-state index contributed by atoms with van der Waals surface area (Å²) in [6, 6.07) is 3.71. The summed E-state index contributed by atoms with van der Waals surface area (Å²) in [7, 11) is 3.23. The predicted octanol–water partition coefficient (Wildman–Crippen LogP) is 2.79. The summed E-state index contributed by atoms with van der Waals surface area (Å²) in [4.78, 5) is 1.03. The third-order valence-corrected chi connectivity index (χ3v) is 2.96. The molecule has 0 saturated carbocycles. The number of nitrogens with two attached hydrogens (primary N) is 1. The van der Waals surface area contributed by atoms with Crippen LogP contribution >= 0.6 is 11.8 Å². The predicted molar refractivity (Wildman–Crippen MR) is 65.0 cm³/mol. The Balaban J connectivity index is 3.08. The summed E-state index contributed by atoms with van der Waals surface area (Å²) in [6.07, 6.45) is 0. The Hall–Kier alpha value is -1.03. The van der Waals surface area contributed by atoms with Crippen LogP contribution < -0.4 is 15.2 Å². The fraction of sp³-hybridized carbons (Fsp3) is 0.455. The van der Waals surface area contributed by atoms with E-state index in [4.69, 9.17) is 15.2 Å². The van der Waals surface area contributed by atoms with Crippen molar-refractivity contribution in [3.8, 4) is 11.5 Å². The molecule has 84 valence electrons. The second-order valence-electron chi connectivity index (χ2n) is 3.41. The summed E-state index contributed by atoms with van der Waals surface area (Å²) in [5, 5.41) is 0.491. The van der Waals surface area contributed by atoms with E-state index in [1.165, 1.54) is 0 Å². The lowest BCUT2D eigenvalue weighted by Crippen LogP contribution is -1.97. The van der Waals surface area contributed by atoms with Crippen LogP contribution in [0.2, 0.25) is 0 Å². The minimum absolute atomic E-state index is 0.491. The Kier molecular flexibility index (Phi) is 4.15. The van der Waals surface area contributed by atoms with Crippen LogP contribution in [-0.2, 0) is 0 Å². The Labute approximate surface area is 94.9 Å². The molecule has 1 aromatic rings. The molecule has 0 fully saturated rings. The summed E-state index contributed by atoms with van der Waals surface area (Å²) in [5.74, 6) is 1.39. The van der Waals surface area contributed by atoms with E-state index in [0.717, 1.165) is 16.3 Å². The van der Waals surface area contributed by atoms with Gasteiger partial charge < -0.3 is 15.2 Å². The van der Waals surface area contributed by atoms with Crippen LogP contribution in [0.1, 0.15) is 13.8 Å². The fourth-order valence-corrected chi connectivity index (χ4v) is 2.11. The zero-order valence-corrected chi connectivity index (χ0v) is 10.4. The number of hydrogen-bond acceptors (Lipinski definition) is 4. The summed E-state index contributed by atoms with van der Waals surface area (Å²) in [6.45, 7) is 4.25. The van der Waals surface area contributed by atoms with Gasteiger partial charge in [0.15, 0.2) is 11.5 Å². The number of anilines is 1. The van der Waals surface area contributed by atoms with Gasteiger partial charge in [-0.2, -0.15) is 0 Å². The van der Waals surface area contributed by atoms with Gasteiger partial charge in [-0.1, -0.05) is 13.8 Å². The van der Waals surface area contributed by atoms with E-state index in [1.807, 2.05) is 6.07 Å². The molecule has 0 aliphatic rings. The van der Waals surface area contributed by atoms with E-state index >= 15 is 0 Å². The molecule has 15 heavy (non-hydrogen) atoms. The third kappa shape index (κ3) is 2.96. The van der Waals surface area contributed by atoms with Gasteiger partial charge >= 0.3 is 0 Å². The standard InChI is InChI=1S/C11H17NO2S/c1-7(2)15-11-6-10(14-4)9(13-3)5-8(11)12/h5-7H,12H2,1-4H3. The van der Waals surface area contributed by atoms with Crippen LogP contribution in [0.5, 0.6) is 11.5 Å². The number of hydrogen-bond donors (Lipinski definition) is 1. The van der Waals surface area contributed by atoms with E-state index in [0.29, 0.717) is 11.0 Å². The van der Waals surface area contributed by atoms with Crippen molar-refractivity contribution < 1.29 is 9.47 Å². The monoisotopic (exact) mass is 227 g/mol. The van der Waals surface area contributed by atoms with Crippen molar-refractivity contribution in [3.63, 3.8) is 0 Å². The first-order valence-corrected chi connectivity index (χ1v) is 5.64. The first-order valence-electron chi connectivity index (χ1n) is 4.76. The largest absolute Gasteiger partial charge is 0.493 e. The van der Waals surface area contributed by atoms with E-state index in [2.05, 4.69) is 13.8 Å². The molecule has 3 nitrogen and oxygen atoms in total. The van der Waals surface area contributed by atoms with Crippen LogP contribution in [0.4, 0.5) is 5.69 Å². The highest BCUT2D eigenvalue weighted by atomic mass is 32.2. The third-order valence-electron chi connectivity index (χ3n) is 1.88. The molecule has 2 N–H and O–H groups in total. The first-order chi connectivity index (χ1) is 7.08. The Bertz CT molecular complexity index is 340. The van der Waals surface area contributed by atoms with Gasteiger partial charge in [-0.3, -0.25) is 0 Å². The average Bonchev–Trinajstić information content (AvgIpc) is 2.19. The van der Waals surface area contributed by atoms with Gasteiger partial charge in [-0.25, -0.2) is 0 Å². The fourth-order valence-electron chi connectivity index (χ4n) is 1.23. The molecule has 0 saturated heterocycles. The molecule has 0 aromatic heterocycles. The van der Waals surface area contributed by atoms with Crippen molar-refractivity contribution in [2.75, 3.05) is 20.0 Å². The topological polar surface area (TPSA) is 44.5 Å². The molecule has 0 radical (unpaired) electrons. The van der Waals surface area contributed by atoms with Gasteiger partial charge in [-0.05, 0) is 6.07 Å². The van der Waals surface area contributed by atoms with Gasteiger partial charge in [-0.15, -0.1) is 11.8 Å². The van der Waals surface area contributed by atoms with Gasteiger partial charge in [0.1, 0.15) is 0 Å². The molecule has 0 bridgehead atoms. The van der Waals surface area contributed by atoms with Crippen LogP contribution in [0.3, 0.4) is 0 Å². The molecule has 0 aliphatic carbocycles. The highest BCUT2D eigenvalue weighted by Crippen LogP contribution is 2.38. The highest BCUT2D eigenvalue weighted by molar-refractivity contribution is 8.00. The molecule has 0 heterocycles. The molecular weight excluding hydrogens is 210 g/mol. The van der Waals surface area contributed by atoms with Crippen molar-refractivity contribution in [1.29, 1.82) is 0 Å². The maximum Gasteiger partial charge on any atom is 0.162 e. The lowest BCUT2D eigenvalue weighted by atomic mass is 10.3. The van der Waals surface area contributed by atoms with E-state index in [1.54, 1.807) is 32.0 Å². The molecular formula is C11H17NO2S. The van der Waals surface area contributed by atoms with Crippen LogP contribution in [0.15, 0.2) is 17.0 Å². The average molecular weight is 227 g/mol. The zero-order valence-electron chi connectivity index (χ0n) is 9.53. The second-order valence-corrected chi connectivity index (χ2v) is 5.03. The van der Waals surface area contributed by atoms with Crippen molar-refractivity contribution in [2.45, 2.75) is 24.0 Å². The molecule has 0 aliphatic heterocycles. The van der Waals surface area contributed by atoms with E-state index < -0.39 is 0 Å². The Morgan fingerprint density at radius 3 is 2.13 bits per heavy atom. The molecule has 0 amide bonds. The number of nitrogen functional groups attached to an aromatic ring is 1. The molecule has 0 unspecified atom stereocenters. The quantitative estimate of drug-likeness (QED) is 0.634. The van der Waals surface area contributed by atoms with Crippen LogP contribution in [0.25, 0.3) is 0 Å². The normalized spacial score (nSPS) is 10.5. The smallest absolute Gasteiger partial charge is 0.162 e. The minimum atomic E-state index is 0.491. The van der Waals surface area contributed by atoms with Crippen LogP contribution in [0, 0.1) is 0 Å². The van der Waals surface area contributed by atoms with Crippen molar-refractivity contribution in [1.82, 2.24) is 0 Å². The van der Waals surface area contributed by atoms with Crippen LogP contribution in [-0.4, -0.2) is 19.5 Å². The maximum absolute atomic E-state index is 5.91. The lowest BCUT2D eigenvalue weighted by Gasteiger charge is -2.13. The van der Waals surface area contributed by atoms with E-state index in [-0.39, 0.29) is 0 Å². The molecule has 0 atom stereocenters. The van der Waals surface area contributed by atoms with Crippen molar-refractivity contribution in [2.24, 2.45) is 0 Å². The molecule has 1 rings (SSSR count). The Morgan fingerprint density at radius 2 is 1.67 bits per heavy atom. The number of benzene rings is 1. The summed E-state index contributed by atoms with van der Waals surface area (Å²) < 4.78 is 10.4. The molecule has 4 heteroatoms. The number of methoxy groups -OCH3 is 2. The SMILES string of the molecule is COc1cc(N)c(SC(C)C)cc1OC. The first kappa shape index (κ1) is 12.0. The van der Waals surface area contributed by atoms with Crippen molar-refractivity contribution in [3.05, 3.63) is 12.1 Å². The van der Waals surface area contributed by atoms with E-state index in [9.17, 15) is 0 Å². The molecule has 0 spiro atoms. The summed E-state index contributed by atoms with van der Waals surface area (Å²) >= 11 is 1.71. The van der Waals surface area contributed by atoms with Gasteiger partial charge in [0.2, 0.25) is 0 Å². The number of rotatable bonds is 4. The van der Waals surface area contributed by atoms with Crippen molar-refractivity contribution >= 4 is 17.4 Å². The molecule has 1 aromatic carbocycles. The van der Waals surface area contributed by atoms with Gasteiger partial charge in [0, 0.05) is 21.9 Å². The number of ether oxygens (including phenoxy) is 2. The van der Waals surface area contributed by atoms with Gasteiger partial charge in [0.25, 0.3) is 0 Å².